The van der Waals surface area contributed by atoms with Gasteiger partial charge in [0.15, 0.2) is 4.96 Å². The molecular weight excluding hydrogens is 218 g/mol. The van der Waals surface area contributed by atoms with Crippen LogP contribution in [0.15, 0.2) is 17.8 Å². The van der Waals surface area contributed by atoms with Gasteiger partial charge in [0.05, 0.1) is 5.69 Å². The van der Waals surface area contributed by atoms with Gasteiger partial charge >= 0.3 is 0 Å². The van der Waals surface area contributed by atoms with Gasteiger partial charge in [0, 0.05) is 24.3 Å². The number of hydrogen-bond acceptors (Lipinski definition) is 3. The largest absolute Gasteiger partial charge is 0.311 e. The average molecular weight is 237 g/mol. The highest BCUT2D eigenvalue weighted by Gasteiger charge is 2.01. The summed E-state index contributed by atoms with van der Waals surface area (Å²) >= 11 is 1.68. The number of thiazole rings is 1. The van der Waals surface area contributed by atoms with Crippen LogP contribution in [-0.4, -0.2) is 15.9 Å². The molecule has 0 saturated carbocycles. The first-order chi connectivity index (χ1) is 7.90. The maximum atomic E-state index is 4.53. The van der Waals surface area contributed by atoms with Crippen molar-refractivity contribution in [2.45, 2.75) is 39.2 Å². The predicted molar refractivity (Wildman–Crippen MR) is 68.9 cm³/mol. The molecule has 0 saturated heterocycles. The lowest BCUT2D eigenvalue weighted by Crippen LogP contribution is -2.14. The van der Waals surface area contributed by atoms with Crippen molar-refractivity contribution >= 4 is 16.3 Å². The van der Waals surface area contributed by atoms with E-state index in [-0.39, 0.29) is 0 Å². The van der Waals surface area contributed by atoms with E-state index in [9.17, 15) is 0 Å². The van der Waals surface area contributed by atoms with Gasteiger partial charge in [0.25, 0.3) is 0 Å². The van der Waals surface area contributed by atoms with Crippen molar-refractivity contribution in [2.24, 2.45) is 0 Å². The van der Waals surface area contributed by atoms with Crippen LogP contribution in [0.1, 0.15) is 38.3 Å². The van der Waals surface area contributed by atoms with Crippen LogP contribution in [0.5, 0.6) is 0 Å². The fourth-order valence-corrected chi connectivity index (χ4v) is 2.47. The smallest absolute Gasteiger partial charge is 0.193 e. The Balaban J connectivity index is 1.68. The van der Waals surface area contributed by atoms with Crippen LogP contribution in [0.3, 0.4) is 0 Å². The molecule has 0 aliphatic carbocycles. The molecule has 0 spiro atoms. The molecule has 2 heterocycles. The van der Waals surface area contributed by atoms with Crippen molar-refractivity contribution in [1.82, 2.24) is 14.7 Å². The minimum atomic E-state index is 0.889. The molecule has 0 fully saturated rings. The molecule has 88 valence electrons. The summed E-state index contributed by atoms with van der Waals surface area (Å²) in [5, 5.41) is 5.50. The van der Waals surface area contributed by atoms with Crippen LogP contribution < -0.4 is 5.32 Å². The number of rotatable bonds is 7. The lowest BCUT2D eigenvalue weighted by molar-refractivity contribution is 0.594. The van der Waals surface area contributed by atoms with Crippen LogP contribution in [0.4, 0.5) is 0 Å². The van der Waals surface area contributed by atoms with Crippen LogP contribution in [0.2, 0.25) is 0 Å². The van der Waals surface area contributed by atoms with Crippen molar-refractivity contribution in [3.05, 3.63) is 23.5 Å². The highest BCUT2D eigenvalue weighted by Crippen LogP contribution is 2.10. The van der Waals surface area contributed by atoms with E-state index in [1.165, 1.54) is 25.7 Å². The van der Waals surface area contributed by atoms with E-state index in [1.54, 1.807) is 11.3 Å². The second-order valence-corrected chi connectivity index (χ2v) is 4.94. The van der Waals surface area contributed by atoms with E-state index in [2.05, 4.69) is 39.4 Å². The first kappa shape index (κ1) is 11.6. The third kappa shape index (κ3) is 3.06. The van der Waals surface area contributed by atoms with Gasteiger partial charge < -0.3 is 5.32 Å². The Kier molecular flexibility index (Phi) is 4.36. The standard InChI is InChI=1S/C12H19N3S/c1-2-3-4-5-6-13-9-11-10-15-7-8-16-12(15)14-11/h7-8,10,13H,2-6,9H2,1H3. The molecule has 0 amide bonds. The summed E-state index contributed by atoms with van der Waals surface area (Å²) in [6, 6.07) is 0. The van der Waals surface area contributed by atoms with Crippen LogP contribution >= 0.6 is 11.3 Å². The summed E-state index contributed by atoms with van der Waals surface area (Å²) in [6.45, 7) is 4.23. The first-order valence-corrected chi connectivity index (χ1v) is 6.90. The molecular formula is C12H19N3S. The van der Waals surface area contributed by atoms with Crippen molar-refractivity contribution < 1.29 is 0 Å². The molecule has 16 heavy (non-hydrogen) atoms. The normalized spacial score (nSPS) is 11.3. The fraction of sp³-hybridized carbons (Fsp3) is 0.583. The zero-order valence-electron chi connectivity index (χ0n) is 9.78. The molecule has 1 N–H and O–H groups in total. The van der Waals surface area contributed by atoms with Gasteiger partial charge in [-0.1, -0.05) is 26.2 Å². The van der Waals surface area contributed by atoms with E-state index >= 15 is 0 Å². The number of fused-ring (bicyclic) bond motifs is 1. The van der Waals surface area contributed by atoms with Crippen molar-refractivity contribution in [3.63, 3.8) is 0 Å². The maximum Gasteiger partial charge on any atom is 0.193 e. The van der Waals surface area contributed by atoms with Gasteiger partial charge in [-0.3, -0.25) is 4.40 Å². The van der Waals surface area contributed by atoms with E-state index in [1.807, 2.05) is 0 Å². The molecule has 0 aromatic carbocycles. The SMILES string of the molecule is CCCCCCNCc1cn2ccsc2n1. The van der Waals surface area contributed by atoms with Crippen LogP contribution in [0.25, 0.3) is 4.96 Å². The van der Waals surface area contributed by atoms with Crippen molar-refractivity contribution in [2.75, 3.05) is 6.54 Å². The minimum Gasteiger partial charge on any atom is -0.311 e. The third-order valence-electron chi connectivity index (χ3n) is 2.66. The Hall–Kier alpha value is -0.870. The van der Waals surface area contributed by atoms with E-state index in [0.29, 0.717) is 0 Å². The molecule has 0 atom stereocenters. The quantitative estimate of drug-likeness (QED) is 0.750. The van der Waals surface area contributed by atoms with Crippen molar-refractivity contribution in [1.29, 1.82) is 0 Å². The van der Waals surface area contributed by atoms with Gasteiger partial charge in [-0.15, -0.1) is 11.3 Å². The Morgan fingerprint density at radius 3 is 3.12 bits per heavy atom. The number of aromatic nitrogens is 2. The number of nitrogens with one attached hydrogen (secondary N) is 1. The Labute approximate surface area is 101 Å². The average Bonchev–Trinajstić information content (AvgIpc) is 2.83. The summed E-state index contributed by atoms with van der Waals surface area (Å²) in [5.74, 6) is 0. The molecule has 2 aromatic heterocycles. The fourth-order valence-electron chi connectivity index (χ4n) is 1.75. The maximum absolute atomic E-state index is 4.53. The zero-order chi connectivity index (χ0) is 11.2. The predicted octanol–water partition coefficient (Wildman–Crippen LogP) is 3.07. The number of nitrogens with zero attached hydrogens (tertiary/aromatic N) is 2. The molecule has 0 bridgehead atoms. The van der Waals surface area contributed by atoms with Gasteiger partial charge in [0.1, 0.15) is 0 Å². The second-order valence-electron chi connectivity index (χ2n) is 4.06. The molecule has 2 aromatic rings. The van der Waals surface area contributed by atoms with Crippen LogP contribution in [0, 0.1) is 0 Å². The topological polar surface area (TPSA) is 29.3 Å². The third-order valence-corrected chi connectivity index (χ3v) is 3.43. The number of imidazole rings is 1. The summed E-state index contributed by atoms with van der Waals surface area (Å²) in [5.41, 5.74) is 1.14. The molecule has 0 aliphatic heterocycles. The highest BCUT2D eigenvalue weighted by atomic mass is 32.1. The molecule has 0 aliphatic rings. The van der Waals surface area contributed by atoms with Crippen LogP contribution in [-0.2, 0) is 6.54 Å². The van der Waals surface area contributed by atoms with E-state index in [4.69, 9.17) is 0 Å². The van der Waals surface area contributed by atoms with Crippen molar-refractivity contribution in [3.8, 4) is 0 Å². The Bertz CT molecular complexity index is 390. The van der Waals surface area contributed by atoms with Gasteiger partial charge in [-0.25, -0.2) is 4.98 Å². The summed E-state index contributed by atoms with van der Waals surface area (Å²) in [7, 11) is 0. The summed E-state index contributed by atoms with van der Waals surface area (Å²) in [6.07, 6.45) is 9.42. The molecule has 0 radical (unpaired) electrons. The molecule has 2 rings (SSSR count). The minimum absolute atomic E-state index is 0.889. The zero-order valence-corrected chi connectivity index (χ0v) is 10.6. The monoisotopic (exact) mass is 237 g/mol. The highest BCUT2D eigenvalue weighted by molar-refractivity contribution is 7.15. The van der Waals surface area contributed by atoms with E-state index < -0.39 is 0 Å². The lowest BCUT2D eigenvalue weighted by Gasteiger charge is -2.01. The lowest BCUT2D eigenvalue weighted by atomic mass is 10.2. The van der Waals surface area contributed by atoms with Gasteiger partial charge in [-0.05, 0) is 13.0 Å². The van der Waals surface area contributed by atoms with Gasteiger partial charge in [-0.2, -0.15) is 0 Å². The number of unbranched alkanes of at least 4 members (excludes halogenated alkanes) is 3. The van der Waals surface area contributed by atoms with Gasteiger partial charge in [0.2, 0.25) is 0 Å². The number of hydrogen-bond donors (Lipinski definition) is 1. The Morgan fingerprint density at radius 1 is 1.38 bits per heavy atom. The summed E-state index contributed by atoms with van der Waals surface area (Å²) < 4.78 is 2.08. The van der Waals surface area contributed by atoms with E-state index in [0.717, 1.165) is 23.7 Å². The first-order valence-electron chi connectivity index (χ1n) is 6.02. The second kappa shape index (κ2) is 6.01. The molecule has 0 unspecified atom stereocenters. The molecule has 3 nitrogen and oxygen atoms in total. The summed E-state index contributed by atoms with van der Waals surface area (Å²) in [4.78, 5) is 5.61. The molecule has 4 heteroatoms. The Morgan fingerprint density at radius 2 is 2.31 bits per heavy atom.